The summed E-state index contributed by atoms with van der Waals surface area (Å²) in [6.45, 7) is 2.21. The van der Waals surface area contributed by atoms with E-state index in [0.717, 1.165) is 47.7 Å². The molecule has 8 nitrogen and oxygen atoms in total. The minimum atomic E-state index is -0.638. The summed E-state index contributed by atoms with van der Waals surface area (Å²) in [6.07, 6.45) is 4.86. The lowest BCUT2D eigenvalue weighted by atomic mass is 9.94. The zero-order valence-corrected chi connectivity index (χ0v) is 27.5. The largest absolute Gasteiger partial charge is 0.493 e. The van der Waals surface area contributed by atoms with Crippen LogP contribution in [0.3, 0.4) is 0 Å². The number of nitrogens with zero attached hydrogens (tertiary/aromatic N) is 3. The van der Waals surface area contributed by atoms with Crippen molar-refractivity contribution in [2.45, 2.75) is 68.7 Å². The number of nitrogens with one attached hydrogen (secondary N) is 1. The fraction of sp³-hybridized carbons (Fsp3) is 0.324. The Kier molecular flexibility index (Phi) is 9.75. The number of halogens is 2. The zero-order chi connectivity index (χ0) is 31.3. The van der Waals surface area contributed by atoms with Crippen LogP contribution in [0, 0.1) is 5.82 Å². The number of anilines is 1. The smallest absolute Gasteiger partial charge is 0.338 e. The summed E-state index contributed by atoms with van der Waals surface area (Å²) in [5.74, 6) is 1.28. The van der Waals surface area contributed by atoms with E-state index in [0.29, 0.717) is 51.8 Å². The Balaban J connectivity index is 1.32. The van der Waals surface area contributed by atoms with Gasteiger partial charge in [-0.2, -0.15) is 4.98 Å². The first-order valence-electron chi connectivity index (χ1n) is 15.0. The van der Waals surface area contributed by atoms with Crippen molar-refractivity contribution in [3.8, 4) is 11.5 Å². The molecule has 2 aliphatic rings. The van der Waals surface area contributed by atoms with Crippen molar-refractivity contribution in [3.05, 3.63) is 105 Å². The van der Waals surface area contributed by atoms with Gasteiger partial charge in [-0.1, -0.05) is 70.5 Å². The Morgan fingerprint density at radius 3 is 2.67 bits per heavy atom. The van der Waals surface area contributed by atoms with Crippen LogP contribution in [0.1, 0.15) is 61.8 Å². The fourth-order valence-electron chi connectivity index (χ4n) is 5.68. The van der Waals surface area contributed by atoms with Crippen LogP contribution in [0.2, 0.25) is 0 Å². The molecule has 0 radical (unpaired) electrons. The molecule has 1 aliphatic carbocycles. The van der Waals surface area contributed by atoms with Gasteiger partial charge in [-0.05, 0) is 79.6 Å². The number of methoxy groups -OCH3 is 1. The monoisotopic (exact) mass is 692 g/mol. The van der Waals surface area contributed by atoms with Gasteiger partial charge in [0.05, 0.1) is 12.7 Å². The van der Waals surface area contributed by atoms with Gasteiger partial charge in [0.1, 0.15) is 24.6 Å². The van der Waals surface area contributed by atoms with Gasteiger partial charge in [-0.3, -0.25) is 0 Å². The van der Waals surface area contributed by atoms with Crippen LogP contribution in [0.4, 0.5) is 10.3 Å². The summed E-state index contributed by atoms with van der Waals surface area (Å²) < 4.78 is 34.9. The van der Waals surface area contributed by atoms with E-state index < -0.39 is 6.04 Å². The van der Waals surface area contributed by atoms with E-state index in [2.05, 4.69) is 21.2 Å². The van der Waals surface area contributed by atoms with E-state index >= 15 is 0 Å². The van der Waals surface area contributed by atoms with E-state index in [1.807, 2.05) is 49.4 Å². The lowest BCUT2D eigenvalue weighted by molar-refractivity contribution is -0.146. The van der Waals surface area contributed by atoms with Crippen molar-refractivity contribution in [2.75, 3.05) is 12.4 Å². The van der Waals surface area contributed by atoms with Gasteiger partial charge in [-0.25, -0.2) is 13.9 Å². The Morgan fingerprint density at radius 1 is 1.07 bits per heavy atom. The van der Waals surface area contributed by atoms with Crippen LogP contribution >= 0.6 is 27.7 Å². The van der Waals surface area contributed by atoms with Gasteiger partial charge >= 0.3 is 5.97 Å². The first-order chi connectivity index (χ1) is 21.9. The minimum Gasteiger partial charge on any atom is -0.493 e. The second-order valence-corrected chi connectivity index (χ2v) is 13.0. The maximum atomic E-state index is 14.3. The number of rotatable bonds is 10. The standard InChI is InChI=1S/C34H34BrFN4O4S/c1-21-30(32(41)44-26-12-4-3-5-13-26)31(40-33(37-21)38-34(39-40)45-20-24-10-6-7-14-27(24)36)23-15-16-28(29(18-23)42-2)43-19-22-9-8-11-25(35)17-22/h6-11,14-18,26,31H,3-5,12-13,19-20H2,1-2H3,(H,37,38,39). The molecule has 1 aliphatic heterocycles. The quantitative estimate of drug-likeness (QED) is 0.131. The second-order valence-electron chi connectivity index (χ2n) is 11.1. The van der Waals surface area contributed by atoms with Crippen molar-refractivity contribution in [3.63, 3.8) is 0 Å². The Bertz CT molecular complexity index is 1720. The van der Waals surface area contributed by atoms with Crippen molar-refractivity contribution >= 4 is 39.6 Å². The maximum Gasteiger partial charge on any atom is 0.338 e. The summed E-state index contributed by atoms with van der Waals surface area (Å²) >= 11 is 4.83. The molecule has 2 heterocycles. The average molecular weight is 694 g/mol. The van der Waals surface area contributed by atoms with E-state index in [1.165, 1.54) is 17.8 Å². The highest BCUT2D eigenvalue weighted by atomic mass is 79.9. The van der Waals surface area contributed by atoms with Crippen LogP contribution in [0.5, 0.6) is 11.5 Å². The molecule has 11 heteroatoms. The molecule has 1 N–H and O–H groups in total. The molecule has 1 aromatic heterocycles. The topological polar surface area (TPSA) is 87.5 Å². The van der Waals surface area contributed by atoms with Crippen molar-refractivity contribution in [2.24, 2.45) is 0 Å². The third-order valence-electron chi connectivity index (χ3n) is 7.98. The van der Waals surface area contributed by atoms with Crippen LogP contribution in [0.15, 0.2) is 87.6 Å². The number of aromatic nitrogens is 3. The Labute approximate surface area is 274 Å². The molecule has 4 aromatic rings. The maximum absolute atomic E-state index is 14.3. The third-order valence-corrected chi connectivity index (χ3v) is 9.36. The summed E-state index contributed by atoms with van der Waals surface area (Å²) in [5, 5.41) is 8.52. The summed E-state index contributed by atoms with van der Waals surface area (Å²) in [6, 6.07) is 19.6. The normalized spacial score (nSPS) is 16.6. The molecule has 1 unspecified atom stereocenters. The molecule has 0 saturated heterocycles. The first kappa shape index (κ1) is 31.2. The molecule has 1 atom stereocenters. The number of ether oxygens (including phenoxy) is 3. The van der Waals surface area contributed by atoms with Crippen molar-refractivity contribution < 1.29 is 23.4 Å². The second kappa shape index (κ2) is 14.1. The van der Waals surface area contributed by atoms with E-state index in [-0.39, 0.29) is 17.9 Å². The van der Waals surface area contributed by atoms with Crippen LogP contribution in [-0.2, 0) is 21.9 Å². The molecule has 6 rings (SSSR count). The molecule has 0 bridgehead atoms. The van der Waals surface area contributed by atoms with Crippen molar-refractivity contribution in [1.82, 2.24) is 14.8 Å². The Morgan fingerprint density at radius 2 is 1.89 bits per heavy atom. The number of benzene rings is 3. The van der Waals surface area contributed by atoms with Gasteiger partial charge < -0.3 is 19.5 Å². The predicted molar refractivity (Wildman–Crippen MR) is 175 cm³/mol. The molecule has 3 aromatic carbocycles. The molecule has 1 fully saturated rings. The van der Waals surface area contributed by atoms with Gasteiger partial charge in [0.2, 0.25) is 11.1 Å². The highest BCUT2D eigenvalue weighted by Crippen LogP contribution is 2.41. The first-order valence-corrected chi connectivity index (χ1v) is 16.7. The van der Waals surface area contributed by atoms with Gasteiger partial charge in [0.25, 0.3) is 0 Å². The molecule has 0 spiro atoms. The summed E-state index contributed by atoms with van der Waals surface area (Å²) in [5.41, 5.74) is 3.42. The highest BCUT2D eigenvalue weighted by Gasteiger charge is 2.37. The number of esters is 1. The van der Waals surface area contributed by atoms with Crippen molar-refractivity contribution in [1.29, 1.82) is 0 Å². The van der Waals surface area contributed by atoms with E-state index in [4.69, 9.17) is 24.3 Å². The number of carbonyl (C=O) groups excluding carboxylic acids is 1. The molecule has 234 valence electrons. The number of carbonyl (C=O) groups is 1. The predicted octanol–water partition coefficient (Wildman–Crippen LogP) is 8.22. The Hall–Kier alpha value is -3.83. The molecular formula is C34H34BrFN4O4S. The molecule has 1 saturated carbocycles. The zero-order valence-electron chi connectivity index (χ0n) is 25.1. The lowest BCUT2D eigenvalue weighted by Crippen LogP contribution is -2.32. The third kappa shape index (κ3) is 7.20. The SMILES string of the molecule is COc1cc(C2C(C(=O)OC3CCCCC3)=C(C)Nc3nc(SCc4ccccc4F)nn32)ccc1OCc1cccc(Br)c1. The molecule has 0 amide bonds. The lowest BCUT2D eigenvalue weighted by Gasteiger charge is -2.30. The summed E-state index contributed by atoms with van der Waals surface area (Å²) in [4.78, 5) is 18.5. The molecular weight excluding hydrogens is 659 g/mol. The highest BCUT2D eigenvalue weighted by molar-refractivity contribution is 9.10. The van der Waals surface area contributed by atoms with E-state index in [1.54, 1.807) is 30.0 Å². The average Bonchev–Trinajstić information content (AvgIpc) is 3.45. The number of allylic oxidation sites excluding steroid dienone is 1. The number of hydrogen-bond acceptors (Lipinski definition) is 8. The number of thioether (sulfide) groups is 1. The van der Waals surface area contributed by atoms with Gasteiger partial charge in [-0.15, -0.1) is 5.10 Å². The van der Waals surface area contributed by atoms with Gasteiger partial charge in [0.15, 0.2) is 11.5 Å². The minimum absolute atomic E-state index is 0.112. The van der Waals surface area contributed by atoms with E-state index in [9.17, 15) is 9.18 Å². The number of fused-ring (bicyclic) bond motifs is 1. The van der Waals surface area contributed by atoms with Gasteiger partial charge in [0, 0.05) is 15.9 Å². The van der Waals surface area contributed by atoms with Crippen LogP contribution < -0.4 is 14.8 Å². The summed E-state index contributed by atoms with van der Waals surface area (Å²) in [7, 11) is 1.59. The fourth-order valence-corrected chi connectivity index (χ4v) is 6.94. The molecule has 45 heavy (non-hydrogen) atoms. The van der Waals surface area contributed by atoms with Crippen LogP contribution in [-0.4, -0.2) is 33.9 Å². The number of hydrogen-bond donors (Lipinski definition) is 1. The van der Waals surface area contributed by atoms with Crippen LogP contribution in [0.25, 0.3) is 0 Å².